The fourth-order valence-electron chi connectivity index (χ4n) is 3.31. The molecule has 0 N–H and O–H groups in total. The number of hydrogen-bond acceptors (Lipinski definition) is 4. The van der Waals surface area contributed by atoms with Crippen LogP contribution in [0, 0.1) is 10.1 Å². The number of nitro groups is 1. The first-order valence-electron chi connectivity index (χ1n) is 7.48. The maximum Gasteiger partial charge on any atom is 0.270 e. The molecule has 2 aliphatic heterocycles. The van der Waals surface area contributed by atoms with Gasteiger partial charge in [0.15, 0.2) is 0 Å². The molecule has 3 rings (SSSR count). The van der Waals surface area contributed by atoms with Crippen LogP contribution in [0.25, 0.3) is 5.57 Å². The van der Waals surface area contributed by atoms with Crippen LogP contribution >= 0.6 is 0 Å². The molecule has 2 heterocycles. The Balaban J connectivity index is 2.24. The smallest absolute Gasteiger partial charge is 0.270 e. The zero-order valence-corrected chi connectivity index (χ0v) is 13.0. The zero-order chi connectivity index (χ0) is 16.0. The first-order valence-corrected chi connectivity index (χ1v) is 7.48. The number of rotatable bonds is 2. The summed E-state index contributed by atoms with van der Waals surface area (Å²) in [5.41, 5.74) is 3.11. The molecule has 0 atom stereocenters. The standard InChI is InChI=1S/C16H19N3O3/c1-10(2)18-13-7-6-11(19(21)22)9-12(13)15(16(18)20)14-5-4-8-17(14)3/h6-7,9-10H,4-5,8H2,1-3H3/b15-14-. The highest BCUT2D eigenvalue weighted by Gasteiger charge is 2.38. The predicted molar refractivity (Wildman–Crippen MR) is 84.5 cm³/mol. The second-order valence-electron chi connectivity index (χ2n) is 6.07. The Kier molecular flexibility index (Phi) is 3.39. The van der Waals surface area contributed by atoms with Gasteiger partial charge in [-0.25, -0.2) is 0 Å². The molecule has 1 aromatic carbocycles. The maximum absolute atomic E-state index is 12.9. The normalized spacial score (nSPS) is 21.0. The van der Waals surface area contributed by atoms with Crippen molar-refractivity contribution in [2.24, 2.45) is 0 Å². The molecule has 0 spiro atoms. The average Bonchev–Trinajstić information content (AvgIpc) is 2.98. The molecule has 2 aliphatic rings. The van der Waals surface area contributed by atoms with Crippen LogP contribution in [0.15, 0.2) is 23.9 Å². The molecule has 0 saturated carbocycles. The molecule has 1 aromatic rings. The van der Waals surface area contributed by atoms with Crippen molar-refractivity contribution < 1.29 is 9.72 Å². The van der Waals surface area contributed by atoms with Crippen LogP contribution in [0.1, 0.15) is 32.3 Å². The Hall–Kier alpha value is -2.37. The molecular weight excluding hydrogens is 282 g/mol. The van der Waals surface area contributed by atoms with Crippen LogP contribution in [0.5, 0.6) is 0 Å². The Bertz CT molecular complexity index is 694. The van der Waals surface area contributed by atoms with Crippen LogP contribution in [0.2, 0.25) is 0 Å². The van der Waals surface area contributed by atoms with Gasteiger partial charge in [-0.2, -0.15) is 0 Å². The van der Waals surface area contributed by atoms with E-state index in [1.807, 2.05) is 20.9 Å². The number of non-ortho nitro benzene ring substituents is 1. The van der Waals surface area contributed by atoms with E-state index in [1.54, 1.807) is 11.0 Å². The van der Waals surface area contributed by atoms with Crippen molar-refractivity contribution in [1.82, 2.24) is 4.90 Å². The minimum absolute atomic E-state index is 0.0116. The van der Waals surface area contributed by atoms with Crippen LogP contribution in [0.4, 0.5) is 11.4 Å². The van der Waals surface area contributed by atoms with Gasteiger partial charge in [-0.3, -0.25) is 14.9 Å². The molecule has 1 amide bonds. The van der Waals surface area contributed by atoms with Crippen molar-refractivity contribution in [3.63, 3.8) is 0 Å². The summed E-state index contributed by atoms with van der Waals surface area (Å²) >= 11 is 0. The van der Waals surface area contributed by atoms with Crippen LogP contribution < -0.4 is 4.90 Å². The minimum atomic E-state index is -0.413. The number of carbonyl (C=O) groups excluding carboxylic acids is 1. The summed E-state index contributed by atoms with van der Waals surface area (Å²) in [6.45, 7) is 4.82. The van der Waals surface area contributed by atoms with Gasteiger partial charge in [-0.05, 0) is 32.8 Å². The topological polar surface area (TPSA) is 66.7 Å². The van der Waals surface area contributed by atoms with Gasteiger partial charge in [0.1, 0.15) is 0 Å². The third-order valence-corrected chi connectivity index (χ3v) is 4.33. The van der Waals surface area contributed by atoms with Gasteiger partial charge < -0.3 is 9.80 Å². The Morgan fingerprint density at radius 2 is 2.05 bits per heavy atom. The molecule has 1 fully saturated rings. The Labute approximate surface area is 129 Å². The second kappa shape index (κ2) is 5.12. The van der Waals surface area contributed by atoms with Gasteiger partial charge in [0.05, 0.1) is 16.2 Å². The van der Waals surface area contributed by atoms with Gasteiger partial charge in [-0.1, -0.05) is 0 Å². The molecule has 0 radical (unpaired) electrons. The van der Waals surface area contributed by atoms with E-state index in [0.29, 0.717) is 11.1 Å². The minimum Gasteiger partial charge on any atom is -0.377 e. The molecule has 6 nitrogen and oxygen atoms in total. The number of amides is 1. The van der Waals surface area contributed by atoms with Crippen LogP contribution in [-0.4, -0.2) is 35.4 Å². The lowest BCUT2D eigenvalue weighted by molar-refractivity contribution is -0.384. The fraction of sp³-hybridized carbons (Fsp3) is 0.438. The second-order valence-corrected chi connectivity index (χ2v) is 6.07. The summed E-state index contributed by atoms with van der Waals surface area (Å²) < 4.78 is 0. The highest BCUT2D eigenvalue weighted by Crippen LogP contribution is 2.43. The number of nitro benzene ring substituents is 1. The number of anilines is 1. The summed E-state index contributed by atoms with van der Waals surface area (Å²) in [5.74, 6) is -0.0470. The monoisotopic (exact) mass is 301 g/mol. The van der Waals surface area contributed by atoms with E-state index in [4.69, 9.17) is 0 Å². The number of nitrogens with zero attached hydrogens (tertiary/aromatic N) is 3. The summed E-state index contributed by atoms with van der Waals surface area (Å²) in [7, 11) is 1.97. The maximum atomic E-state index is 12.9. The number of carbonyl (C=O) groups is 1. The number of allylic oxidation sites excluding steroid dienone is 1. The van der Waals surface area contributed by atoms with Crippen molar-refractivity contribution in [2.45, 2.75) is 32.7 Å². The molecule has 0 aliphatic carbocycles. The molecule has 0 aromatic heterocycles. The number of fused-ring (bicyclic) bond motifs is 1. The van der Waals surface area contributed by atoms with Crippen LogP contribution in [0.3, 0.4) is 0 Å². The number of hydrogen-bond donors (Lipinski definition) is 0. The van der Waals surface area contributed by atoms with Crippen molar-refractivity contribution >= 4 is 22.9 Å². The van der Waals surface area contributed by atoms with Crippen molar-refractivity contribution in [3.8, 4) is 0 Å². The quantitative estimate of drug-likeness (QED) is 0.478. The molecule has 0 unspecified atom stereocenters. The zero-order valence-electron chi connectivity index (χ0n) is 13.0. The van der Waals surface area contributed by atoms with E-state index in [-0.39, 0.29) is 17.6 Å². The molecule has 116 valence electrons. The molecular formula is C16H19N3O3. The first-order chi connectivity index (χ1) is 10.4. The molecule has 22 heavy (non-hydrogen) atoms. The van der Waals surface area contributed by atoms with Crippen molar-refractivity contribution in [1.29, 1.82) is 0 Å². The van der Waals surface area contributed by atoms with Gasteiger partial charge in [0.2, 0.25) is 0 Å². The van der Waals surface area contributed by atoms with Crippen LogP contribution in [-0.2, 0) is 4.79 Å². The molecule has 1 saturated heterocycles. The lowest BCUT2D eigenvalue weighted by atomic mass is 10.0. The Morgan fingerprint density at radius 1 is 1.32 bits per heavy atom. The van der Waals surface area contributed by atoms with Crippen molar-refractivity contribution in [3.05, 3.63) is 39.6 Å². The number of benzene rings is 1. The van der Waals surface area contributed by atoms with E-state index in [1.165, 1.54) is 12.1 Å². The number of likely N-dealkylation sites (tertiary alicyclic amines) is 1. The SMILES string of the molecule is CC(C)N1C(=O)/C(=C2/CCCN2C)c2cc([N+](=O)[O-])ccc21. The largest absolute Gasteiger partial charge is 0.377 e. The lowest BCUT2D eigenvalue weighted by Crippen LogP contribution is -2.33. The average molecular weight is 301 g/mol. The first kappa shape index (κ1) is 14.6. The summed E-state index contributed by atoms with van der Waals surface area (Å²) in [6, 6.07) is 4.70. The van der Waals surface area contributed by atoms with E-state index in [0.717, 1.165) is 30.8 Å². The van der Waals surface area contributed by atoms with Gasteiger partial charge in [0.25, 0.3) is 11.6 Å². The lowest BCUT2D eigenvalue weighted by Gasteiger charge is -2.22. The van der Waals surface area contributed by atoms with E-state index >= 15 is 0 Å². The van der Waals surface area contributed by atoms with E-state index < -0.39 is 4.92 Å². The molecule has 6 heteroatoms. The summed E-state index contributed by atoms with van der Waals surface area (Å²) in [4.78, 5) is 27.4. The molecule has 0 bridgehead atoms. The third-order valence-electron chi connectivity index (χ3n) is 4.33. The third kappa shape index (κ3) is 2.06. The predicted octanol–water partition coefficient (Wildman–Crippen LogP) is 2.79. The van der Waals surface area contributed by atoms with E-state index in [2.05, 4.69) is 4.90 Å². The highest BCUT2D eigenvalue weighted by atomic mass is 16.6. The van der Waals surface area contributed by atoms with E-state index in [9.17, 15) is 14.9 Å². The Morgan fingerprint density at radius 3 is 2.59 bits per heavy atom. The summed E-state index contributed by atoms with van der Waals surface area (Å²) in [5, 5.41) is 11.1. The van der Waals surface area contributed by atoms with Gasteiger partial charge >= 0.3 is 0 Å². The van der Waals surface area contributed by atoms with Gasteiger partial charge in [0, 0.05) is 43.0 Å². The summed E-state index contributed by atoms with van der Waals surface area (Å²) in [6.07, 6.45) is 1.85. The van der Waals surface area contributed by atoms with Gasteiger partial charge in [-0.15, -0.1) is 0 Å². The highest BCUT2D eigenvalue weighted by molar-refractivity contribution is 6.33. The van der Waals surface area contributed by atoms with Crippen molar-refractivity contribution in [2.75, 3.05) is 18.5 Å². The fourth-order valence-corrected chi connectivity index (χ4v) is 3.31.